The van der Waals surface area contributed by atoms with Gasteiger partial charge < -0.3 is 9.88 Å². The molecule has 0 saturated heterocycles. The van der Waals surface area contributed by atoms with Gasteiger partial charge in [0.2, 0.25) is 5.91 Å². The molecule has 1 fully saturated rings. The molecule has 0 radical (unpaired) electrons. The lowest BCUT2D eigenvalue weighted by atomic mass is 10.2. The third-order valence-electron chi connectivity index (χ3n) is 3.57. The number of carbonyl (C=O) groups excluding carboxylic acids is 1. The highest BCUT2D eigenvalue weighted by Crippen LogP contribution is 2.39. The average molecular weight is 368 g/mol. The molecule has 0 atom stereocenters. The summed E-state index contributed by atoms with van der Waals surface area (Å²) in [7, 11) is 1.87. The van der Waals surface area contributed by atoms with Gasteiger partial charge in [-0.25, -0.2) is 0 Å². The Labute approximate surface area is 146 Å². The topological polar surface area (TPSA) is 103 Å². The Bertz CT molecular complexity index is 806. The quantitative estimate of drug-likeness (QED) is 0.478. The van der Waals surface area contributed by atoms with Crippen molar-refractivity contribution in [3.8, 4) is 0 Å². The number of anilines is 1. The van der Waals surface area contributed by atoms with Crippen molar-refractivity contribution in [2.75, 3.05) is 11.1 Å². The molecule has 1 N–H and O–H groups in total. The van der Waals surface area contributed by atoms with Gasteiger partial charge in [0.25, 0.3) is 5.69 Å². The summed E-state index contributed by atoms with van der Waals surface area (Å²) in [4.78, 5) is 22.5. The lowest BCUT2D eigenvalue weighted by molar-refractivity contribution is -0.383. The van der Waals surface area contributed by atoms with Crippen molar-refractivity contribution in [2.45, 2.75) is 23.9 Å². The second kappa shape index (κ2) is 6.78. The number of nitrogens with one attached hydrogen (secondary N) is 1. The zero-order valence-electron chi connectivity index (χ0n) is 12.7. The van der Waals surface area contributed by atoms with Crippen LogP contribution in [-0.4, -0.2) is 31.3 Å². The molecule has 24 heavy (non-hydrogen) atoms. The van der Waals surface area contributed by atoms with Crippen LogP contribution in [0.4, 0.5) is 11.4 Å². The number of amides is 1. The zero-order chi connectivity index (χ0) is 17.3. The first-order valence-electron chi connectivity index (χ1n) is 7.21. The number of hydrogen-bond donors (Lipinski definition) is 1. The van der Waals surface area contributed by atoms with Crippen molar-refractivity contribution in [1.82, 2.24) is 14.8 Å². The van der Waals surface area contributed by atoms with Crippen molar-refractivity contribution in [3.63, 3.8) is 0 Å². The maximum Gasteiger partial charge on any atom is 0.294 e. The summed E-state index contributed by atoms with van der Waals surface area (Å²) in [5, 5.41) is 22.7. The Morgan fingerprint density at radius 2 is 2.25 bits per heavy atom. The van der Waals surface area contributed by atoms with E-state index >= 15 is 0 Å². The van der Waals surface area contributed by atoms with Gasteiger partial charge in [-0.05, 0) is 25.0 Å². The second-order valence-corrected chi connectivity index (χ2v) is 6.81. The van der Waals surface area contributed by atoms with Crippen LogP contribution in [0.2, 0.25) is 5.02 Å². The third kappa shape index (κ3) is 3.68. The molecule has 1 aromatic heterocycles. The zero-order valence-corrected chi connectivity index (χ0v) is 14.3. The lowest BCUT2D eigenvalue weighted by Crippen LogP contribution is -2.15. The predicted octanol–water partition coefficient (Wildman–Crippen LogP) is 2.98. The Hall–Kier alpha value is -2.13. The van der Waals surface area contributed by atoms with Crippen molar-refractivity contribution in [1.29, 1.82) is 0 Å². The molecule has 2 aromatic rings. The molecule has 10 heteroatoms. The standard InChI is InChI=1S/C14H14ClN5O3S/c1-19-13(8-2-3-8)17-18-14(19)24-7-12(21)16-10-5-4-9(15)6-11(10)20(22)23/h4-6,8H,2-3,7H2,1H3,(H,16,21). The van der Waals surface area contributed by atoms with Gasteiger partial charge in [0.05, 0.1) is 10.7 Å². The molecule has 0 unspecified atom stereocenters. The molecule has 1 amide bonds. The van der Waals surface area contributed by atoms with Crippen LogP contribution in [0.3, 0.4) is 0 Å². The molecule has 126 valence electrons. The summed E-state index contributed by atoms with van der Waals surface area (Å²) in [6.45, 7) is 0. The molecular weight excluding hydrogens is 354 g/mol. The minimum atomic E-state index is -0.584. The number of halogens is 1. The fourth-order valence-corrected chi connectivity index (χ4v) is 3.11. The van der Waals surface area contributed by atoms with Gasteiger partial charge in [0.1, 0.15) is 11.5 Å². The molecule has 1 aliphatic rings. The largest absolute Gasteiger partial charge is 0.320 e. The molecule has 1 heterocycles. The molecule has 1 aromatic carbocycles. The number of nitro groups is 1. The van der Waals surface area contributed by atoms with Crippen LogP contribution < -0.4 is 5.32 Å². The highest BCUT2D eigenvalue weighted by molar-refractivity contribution is 7.99. The van der Waals surface area contributed by atoms with E-state index in [1.165, 1.54) is 30.0 Å². The Morgan fingerprint density at radius 1 is 1.50 bits per heavy atom. The van der Waals surface area contributed by atoms with E-state index in [0.717, 1.165) is 18.7 Å². The molecule has 0 spiro atoms. The fourth-order valence-electron chi connectivity index (χ4n) is 2.23. The van der Waals surface area contributed by atoms with Crippen LogP contribution in [0.25, 0.3) is 0 Å². The molecule has 1 aliphatic carbocycles. The van der Waals surface area contributed by atoms with Gasteiger partial charge >= 0.3 is 0 Å². The van der Waals surface area contributed by atoms with Gasteiger partial charge in [0.15, 0.2) is 5.16 Å². The first-order chi connectivity index (χ1) is 11.5. The summed E-state index contributed by atoms with van der Waals surface area (Å²) in [6, 6.07) is 4.10. The van der Waals surface area contributed by atoms with Crippen molar-refractivity contribution in [3.05, 3.63) is 39.2 Å². The highest BCUT2D eigenvalue weighted by atomic mass is 35.5. The molecule has 1 saturated carbocycles. The summed E-state index contributed by atoms with van der Waals surface area (Å²) in [6.07, 6.45) is 2.24. The van der Waals surface area contributed by atoms with E-state index in [0.29, 0.717) is 11.1 Å². The van der Waals surface area contributed by atoms with Crippen LogP contribution in [0.5, 0.6) is 0 Å². The van der Waals surface area contributed by atoms with E-state index < -0.39 is 4.92 Å². The first-order valence-corrected chi connectivity index (χ1v) is 8.58. The van der Waals surface area contributed by atoms with Crippen LogP contribution >= 0.6 is 23.4 Å². The molecule has 8 nitrogen and oxygen atoms in total. The SMILES string of the molecule is Cn1c(SCC(=O)Nc2ccc(Cl)cc2[N+](=O)[O-])nnc1C1CC1. The monoisotopic (exact) mass is 367 g/mol. The van der Waals surface area contributed by atoms with Gasteiger partial charge in [-0.3, -0.25) is 14.9 Å². The number of benzene rings is 1. The van der Waals surface area contributed by atoms with E-state index in [4.69, 9.17) is 11.6 Å². The fraction of sp³-hybridized carbons (Fsp3) is 0.357. The van der Waals surface area contributed by atoms with Crippen molar-refractivity contribution < 1.29 is 9.72 Å². The lowest BCUT2D eigenvalue weighted by Gasteiger charge is -2.06. The maximum absolute atomic E-state index is 12.1. The third-order valence-corrected chi connectivity index (χ3v) is 4.83. The molecular formula is C14H14ClN5O3S. The Balaban J connectivity index is 1.63. The number of hydrogen-bond acceptors (Lipinski definition) is 6. The summed E-state index contributed by atoms with van der Waals surface area (Å²) in [5.41, 5.74) is -0.123. The van der Waals surface area contributed by atoms with E-state index in [1.54, 1.807) is 0 Å². The normalized spacial score (nSPS) is 13.8. The Morgan fingerprint density at radius 3 is 2.92 bits per heavy atom. The van der Waals surface area contributed by atoms with Gasteiger partial charge in [-0.15, -0.1) is 10.2 Å². The number of carbonyl (C=O) groups is 1. The smallest absolute Gasteiger partial charge is 0.294 e. The van der Waals surface area contributed by atoms with Crippen molar-refractivity contribution >= 4 is 40.6 Å². The van der Waals surface area contributed by atoms with Crippen LogP contribution in [0.1, 0.15) is 24.6 Å². The number of aromatic nitrogens is 3. The molecule has 0 aliphatic heterocycles. The van der Waals surface area contributed by atoms with Gasteiger partial charge in [-0.2, -0.15) is 0 Å². The summed E-state index contributed by atoms with van der Waals surface area (Å²) in [5.74, 6) is 1.13. The van der Waals surface area contributed by atoms with Gasteiger partial charge in [-0.1, -0.05) is 23.4 Å². The number of nitro benzene ring substituents is 1. The predicted molar refractivity (Wildman–Crippen MR) is 90.4 cm³/mol. The number of thioether (sulfide) groups is 1. The number of nitrogens with zero attached hydrogens (tertiary/aromatic N) is 4. The first kappa shape index (κ1) is 16.7. The second-order valence-electron chi connectivity index (χ2n) is 5.43. The van der Waals surface area contributed by atoms with Crippen LogP contribution in [0, 0.1) is 10.1 Å². The van der Waals surface area contributed by atoms with Crippen molar-refractivity contribution in [2.24, 2.45) is 7.05 Å². The van der Waals surface area contributed by atoms with E-state index in [-0.39, 0.29) is 28.1 Å². The van der Waals surface area contributed by atoms with Crippen LogP contribution in [0.15, 0.2) is 23.4 Å². The van der Waals surface area contributed by atoms with E-state index in [9.17, 15) is 14.9 Å². The highest BCUT2D eigenvalue weighted by Gasteiger charge is 2.29. The van der Waals surface area contributed by atoms with Crippen LogP contribution in [-0.2, 0) is 11.8 Å². The summed E-state index contributed by atoms with van der Waals surface area (Å²) >= 11 is 6.99. The summed E-state index contributed by atoms with van der Waals surface area (Å²) < 4.78 is 1.89. The Kier molecular flexibility index (Phi) is 4.72. The molecule has 3 rings (SSSR count). The van der Waals surface area contributed by atoms with E-state index in [1.807, 2.05) is 11.6 Å². The number of rotatable bonds is 6. The minimum absolute atomic E-state index is 0.0798. The van der Waals surface area contributed by atoms with E-state index in [2.05, 4.69) is 15.5 Å². The minimum Gasteiger partial charge on any atom is -0.320 e. The maximum atomic E-state index is 12.1. The molecule has 0 bridgehead atoms. The van der Waals surface area contributed by atoms with Gasteiger partial charge in [0, 0.05) is 24.1 Å². The average Bonchev–Trinajstić information content (AvgIpc) is 3.31.